The lowest BCUT2D eigenvalue weighted by Gasteiger charge is -2.11. The number of furan rings is 1. The van der Waals surface area contributed by atoms with E-state index in [1.165, 1.54) is 5.56 Å². The monoisotopic (exact) mass is 273 g/mol. The number of aryl methyl sites for hydroxylation is 1. The fraction of sp³-hybridized carbons (Fsp3) is 0.412. The van der Waals surface area contributed by atoms with E-state index in [0.717, 1.165) is 36.5 Å². The van der Waals surface area contributed by atoms with Crippen LogP contribution in [0.2, 0.25) is 0 Å². The maximum atomic E-state index is 9.00. The van der Waals surface area contributed by atoms with Gasteiger partial charge in [0.05, 0.1) is 12.6 Å². The molecule has 1 atom stereocenters. The number of aliphatic hydroxyl groups excluding tert-OH is 1. The van der Waals surface area contributed by atoms with Crippen molar-refractivity contribution in [3.63, 3.8) is 0 Å². The van der Waals surface area contributed by atoms with Gasteiger partial charge >= 0.3 is 0 Å². The van der Waals surface area contributed by atoms with E-state index >= 15 is 0 Å². The van der Waals surface area contributed by atoms with Gasteiger partial charge in [-0.05, 0) is 43.1 Å². The Morgan fingerprint density at radius 1 is 1.10 bits per heavy atom. The summed E-state index contributed by atoms with van der Waals surface area (Å²) in [5, 5.41) is 12.5. The minimum Gasteiger partial charge on any atom is -0.464 e. The molecule has 0 aliphatic rings. The molecule has 0 radical (unpaired) electrons. The summed E-state index contributed by atoms with van der Waals surface area (Å²) in [7, 11) is 0. The van der Waals surface area contributed by atoms with Gasteiger partial charge in [-0.3, -0.25) is 0 Å². The number of rotatable bonds is 7. The number of benzene rings is 1. The molecule has 108 valence electrons. The third-order valence-electron chi connectivity index (χ3n) is 3.53. The van der Waals surface area contributed by atoms with Crippen molar-refractivity contribution in [3.05, 3.63) is 59.0 Å². The van der Waals surface area contributed by atoms with Crippen LogP contribution in [0.3, 0.4) is 0 Å². The maximum Gasteiger partial charge on any atom is 0.120 e. The largest absolute Gasteiger partial charge is 0.464 e. The van der Waals surface area contributed by atoms with Crippen molar-refractivity contribution in [2.24, 2.45) is 0 Å². The predicted molar refractivity (Wildman–Crippen MR) is 80.6 cm³/mol. The van der Waals surface area contributed by atoms with Crippen molar-refractivity contribution in [2.45, 2.75) is 39.3 Å². The molecule has 0 spiro atoms. The lowest BCUT2D eigenvalue weighted by molar-refractivity contribution is 0.282. The van der Waals surface area contributed by atoms with E-state index in [1.54, 1.807) is 0 Å². The van der Waals surface area contributed by atoms with Crippen LogP contribution in [0.25, 0.3) is 0 Å². The van der Waals surface area contributed by atoms with Crippen LogP contribution in [0.5, 0.6) is 0 Å². The van der Waals surface area contributed by atoms with Crippen LogP contribution in [-0.4, -0.2) is 11.7 Å². The van der Waals surface area contributed by atoms with Crippen LogP contribution in [0.4, 0.5) is 0 Å². The summed E-state index contributed by atoms with van der Waals surface area (Å²) >= 11 is 0. The second kappa shape index (κ2) is 7.27. The van der Waals surface area contributed by atoms with E-state index in [9.17, 15) is 0 Å². The molecule has 0 amide bonds. The lowest BCUT2D eigenvalue weighted by Crippen LogP contribution is -2.20. The Kier molecular flexibility index (Phi) is 5.39. The molecule has 0 saturated carbocycles. The Bertz CT molecular complexity index is 516. The van der Waals surface area contributed by atoms with Crippen molar-refractivity contribution in [1.29, 1.82) is 0 Å². The lowest BCUT2D eigenvalue weighted by atomic mass is 10.1. The first-order chi connectivity index (χ1) is 9.72. The molecule has 2 N–H and O–H groups in total. The highest BCUT2D eigenvalue weighted by molar-refractivity contribution is 5.22. The van der Waals surface area contributed by atoms with Crippen LogP contribution in [0.1, 0.15) is 42.5 Å². The van der Waals surface area contributed by atoms with Crippen molar-refractivity contribution in [3.8, 4) is 0 Å². The van der Waals surface area contributed by atoms with Crippen molar-refractivity contribution >= 4 is 0 Å². The summed E-state index contributed by atoms with van der Waals surface area (Å²) in [5.41, 5.74) is 2.23. The van der Waals surface area contributed by atoms with Crippen molar-refractivity contribution in [2.75, 3.05) is 6.54 Å². The minimum atomic E-state index is 0.105. The standard InChI is InChI=1S/C17H23NO2/c1-3-16-8-9-17(20-16)13(2)18-11-10-14-4-6-15(12-19)7-5-14/h4-9,13,18-19H,3,10-12H2,1-2H3. The minimum absolute atomic E-state index is 0.105. The molecule has 2 rings (SSSR count). The average Bonchev–Trinajstić information content (AvgIpc) is 2.97. The molecule has 1 aromatic heterocycles. The molecule has 3 nitrogen and oxygen atoms in total. The van der Waals surface area contributed by atoms with Gasteiger partial charge < -0.3 is 14.8 Å². The summed E-state index contributed by atoms with van der Waals surface area (Å²) in [6.07, 6.45) is 1.90. The van der Waals surface area contributed by atoms with Crippen molar-refractivity contribution in [1.82, 2.24) is 5.32 Å². The van der Waals surface area contributed by atoms with Gasteiger partial charge in [0.25, 0.3) is 0 Å². The number of hydrogen-bond acceptors (Lipinski definition) is 3. The molecule has 3 heteroatoms. The van der Waals surface area contributed by atoms with Gasteiger partial charge in [-0.15, -0.1) is 0 Å². The summed E-state index contributed by atoms with van der Waals surface area (Å²) in [5.74, 6) is 2.03. The van der Waals surface area contributed by atoms with Gasteiger partial charge in [0, 0.05) is 6.42 Å². The Labute approximate surface area is 120 Å². The SMILES string of the molecule is CCc1ccc(C(C)NCCc2ccc(CO)cc2)o1. The molecule has 1 unspecified atom stereocenters. The van der Waals surface area contributed by atoms with Crippen LogP contribution in [-0.2, 0) is 19.4 Å². The van der Waals surface area contributed by atoms with E-state index in [0.29, 0.717) is 0 Å². The van der Waals surface area contributed by atoms with Gasteiger partial charge in [0.2, 0.25) is 0 Å². The van der Waals surface area contributed by atoms with Gasteiger partial charge in [-0.2, -0.15) is 0 Å². The number of aliphatic hydroxyl groups is 1. The zero-order chi connectivity index (χ0) is 14.4. The molecular formula is C17H23NO2. The molecule has 0 fully saturated rings. The average molecular weight is 273 g/mol. The molecule has 0 bridgehead atoms. The normalized spacial score (nSPS) is 12.6. The fourth-order valence-electron chi connectivity index (χ4n) is 2.16. The van der Waals surface area contributed by atoms with E-state index in [2.05, 4.69) is 31.3 Å². The van der Waals surface area contributed by atoms with Crippen LogP contribution in [0.15, 0.2) is 40.8 Å². The summed E-state index contributed by atoms with van der Waals surface area (Å²) in [4.78, 5) is 0. The van der Waals surface area contributed by atoms with E-state index in [4.69, 9.17) is 9.52 Å². The smallest absolute Gasteiger partial charge is 0.120 e. The Morgan fingerprint density at radius 3 is 2.40 bits per heavy atom. The van der Waals surface area contributed by atoms with Crippen molar-refractivity contribution < 1.29 is 9.52 Å². The van der Waals surface area contributed by atoms with Crippen LogP contribution in [0, 0.1) is 0 Å². The Morgan fingerprint density at radius 2 is 1.80 bits per heavy atom. The zero-order valence-electron chi connectivity index (χ0n) is 12.2. The molecule has 0 aliphatic heterocycles. The Balaban J connectivity index is 1.79. The highest BCUT2D eigenvalue weighted by Crippen LogP contribution is 2.16. The second-order valence-electron chi connectivity index (χ2n) is 5.06. The molecule has 1 aromatic carbocycles. The molecule has 1 heterocycles. The maximum absolute atomic E-state index is 9.00. The highest BCUT2D eigenvalue weighted by Gasteiger charge is 2.09. The third kappa shape index (κ3) is 3.95. The van der Waals surface area contributed by atoms with E-state index in [-0.39, 0.29) is 12.6 Å². The first kappa shape index (κ1) is 14.8. The number of nitrogens with one attached hydrogen (secondary N) is 1. The van der Waals surface area contributed by atoms with E-state index in [1.807, 2.05) is 24.3 Å². The van der Waals surface area contributed by atoms with Gasteiger partial charge in [-0.1, -0.05) is 31.2 Å². The third-order valence-corrected chi connectivity index (χ3v) is 3.53. The van der Waals surface area contributed by atoms with Crippen LogP contribution < -0.4 is 5.32 Å². The zero-order valence-corrected chi connectivity index (χ0v) is 12.2. The Hall–Kier alpha value is -1.58. The highest BCUT2D eigenvalue weighted by atomic mass is 16.3. The molecule has 0 aliphatic carbocycles. The molecule has 0 saturated heterocycles. The summed E-state index contributed by atoms with van der Waals surface area (Å²) in [6, 6.07) is 12.4. The summed E-state index contributed by atoms with van der Waals surface area (Å²) in [6.45, 7) is 5.22. The van der Waals surface area contributed by atoms with Gasteiger partial charge in [-0.25, -0.2) is 0 Å². The topological polar surface area (TPSA) is 45.4 Å². The molecular weight excluding hydrogens is 250 g/mol. The summed E-state index contributed by atoms with van der Waals surface area (Å²) < 4.78 is 5.74. The number of hydrogen-bond donors (Lipinski definition) is 2. The fourth-order valence-corrected chi connectivity index (χ4v) is 2.16. The first-order valence-corrected chi connectivity index (χ1v) is 7.23. The second-order valence-corrected chi connectivity index (χ2v) is 5.06. The molecule has 2 aromatic rings. The predicted octanol–water partition coefficient (Wildman–Crippen LogP) is 3.23. The van der Waals surface area contributed by atoms with E-state index < -0.39 is 0 Å². The quantitative estimate of drug-likeness (QED) is 0.814. The van der Waals surface area contributed by atoms with Gasteiger partial charge in [0.1, 0.15) is 11.5 Å². The van der Waals surface area contributed by atoms with Crippen LogP contribution >= 0.6 is 0 Å². The molecule has 20 heavy (non-hydrogen) atoms. The first-order valence-electron chi connectivity index (χ1n) is 7.23. The van der Waals surface area contributed by atoms with Gasteiger partial charge in [0.15, 0.2) is 0 Å².